The van der Waals surface area contributed by atoms with Gasteiger partial charge >= 0.3 is 5.97 Å². The molecule has 0 radical (unpaired) electrons. The smallest absolute Gasteiger partial charge is 0.339 e. The largest absolute Gasteiger partial charge is 0.505 e. The summed E-state index contributed by atoms with van der Waals surface area (Å²) in [5.41, 5.74) is 5.23. The maximum atomic E-state index is 11.8. The molecule has 4 N–H and O–H groups in total. The fourth-order valence-electron chi connectivity index (χ4n) is 1.47. The molecule has 0 saturated heterocycles. The third kappa shape index (κ3) is 2.96. The number of aromatic hydroxyl groups is 1. The van der Waals surface area contributed by atoms with Gasteiger partial charge in [-0.15, -0.1) is 0 Å². The summed E-state index contributed by atoms with van der Waals surface area (Å²) in [7, 11) is 0. The lowest BCUT2D eigenvalue weighted by atomic mass is 9.98. The molecule has 0 fully saturated rings. The molecule has 0 atom stereocenters. The molecule has 0 aromatic heterocycles. The number of hydrogen-bond acceptors (Lipinski definition) is 4. The van der Waals surface area contributed by atoms with Crippen molar-refractivity contribution in [2.24, 2.45) is 5.92 Å². The fraction of sp³-hybridized carbons (Fsp3) is 0.333. The number of nitrogens with two attached hydrogens (primary N) is 1. The number of anilines is 1. The monoisotopic (exact) mass is 237 g/mol. The van der Waals surface area contributed by atoms with E-state index in [0.29, 0.717) is 6.42 Å². The number of ketones is 1. The Labute approximate surface area is 98.9 Å². The van der Waals surface area contributed by atoms with Crippen molar-refractivity contribution in [3.63, 3.8) is 0 Å². The number of Topliss-reactive ketones (excluding diaryl/α,β-unsaturated/α-hetero) is 1. The van der Waals surface area contributed by atoms with E-state index >= 15 is 0 Å². The number of carbonyl (C=O) groups excluding carboxylic acids is 1. The van der Waals surface area contributed by atoms with Gasteiger partial charge in [-0.1, -0.05) is 13.8 Å². The van der Waals surface area contributed by atoms with Crippen LogP contribution in [0.5, 0.6) is 5.75 Å². The molecule has 0 bridgehead atoms. The van der Waals surface area contributed by atoms with Gasteiger partial charge in [0.25, 0.3) is 0 Å². The van der Waals surface area contributed by atoms with E-state index in [1.807, 2.05) is 13.8 Å². The Morgan fingerprint density at radius 3 is 2.41 bits per heavy atom. The Kier molecular flexibility index (Phi) is 3.73. The molecule has 0 spiro atoms. The Balaban J connectivity index is 3.19. The van der Waals surface area contributed by atoms with Crippen LogP contribution in [0.2, 0.25) is 0 Å². The number of rotatable bonds is 4. The van der Waals surface area contributed by atoms with E-state index in [4.69, 9.17) is 10.8 Å². The second-order valence-electron chi connectivity index (χ2n) is 4.29. The molecule has 0 amide bonds. The summed E-state index contributed by atoms with van der Waals surface area (Å²) >= 11 is 0. The highest BCUT2D eigenvalue weighted by Gasteiger charge is 2.17. The van der Waals surface area contributed by atoms with Crippen LogP contribution in [0.15, 0.2) is 12.1 Å². The molecule has 5 nitrogen and oxygen atoms in total. The van der Waals surface area contributed by atoms with E-state index in [0.717, 1.165) is 6.07 Å². The normalized spacial score (nSPS) is 10.5. The molecule has 0 aliphatic carbocycles. The third-order valence-electron chi connectivity index (χ3n) is 2.29. The zero-order valence-corrected chi connectivity index (χ0v) is 9.73. The SMILES string of the molecule is CC(C)CC(=O)c1cc(N)c(O)c(C(=O)O)c1. The summed E-state index contributed by atoms with van der Waals surface area (Å²) in [6.07, 6.45) is 0.309. The predicted octanol–water partition coefficient (Wildman–Crippen LogP) is 1.90. The Bertz CT molecular complexity index is 466. The van der Waals surface area contributed by atoms with Crippen molar-refractivity contribution in [1.29, 1.82) is 0 Å². The molecule has 0 aliphatic rings. The second kappa shape index (κ2) is 4.86. The molecular formula is C12H15NO4. The molecule has 0 saturated carbocycles. The van der Waals surface area contributed by atoms with Crippen LogP contribution in [0.1, 0.15) is 41.0 Å². The van der Waals surface area contributed by atoms with Gasteiger partial charge in [0.1, 0.15) is 5.56 Å². The van der Waals surface area contributed by atoms with Crippen LogP contribution in [-0.4, -0.2) is 22.0 Å². The highest BCUT2D eigenvalue weighted by molar-refractivity contribution is 6.01. The molecule has 17 heavy (non-hydrogen) atoms. The van der Waals surface area contributed by atoms with Crippen molar-refractivity contribution in [3.05, 3.63) is 23.3 Å². The predicted molar refractivity (Wildman–Crippen MR) is 63.3 cm³/mol. The van der Waals surface area contributed by atoms with Crippen LogP contribution in [0.3, 0.4) is 0 Å². The number of hydrogen-bond donors (Lipinski definition) is 3. The zero-order chi connectivity index (χ0) is 13.2. The van der Waals surface area contributed by atoms with Crippen molar-refractivity contribution in [2.75, 3.05) is 5.73 Å². The number of carboxylic acids is 1. The molecule has 92 valence electrons. The van der Waals surface area contributed by atoms with E-state index in [-0.39, 0.29) is 28.5 Å². The molecule has 5 heteroatoms. The summed E-state index contributed by atoms with van der Waals surface area (Å²) in [4.78, 5) is 22.6. The number of carbonyl (C=O) groups is 2. The summed E-state index contributed by atoms with van der Waals surface area (Å²) in [6, 6.07) is 2.45. The van der Waals surface area contributed by atoms with Gasteiger partial charge in [-0.3, -0.25) is 4.79 Å². The van der Waals surface area contributed by atoms with E-state index in [9.17, 15) is 14.7 Å². The molecule has 0 aliphatic heterocycles. The van der Waals surface area contributed by atoms with Crippen molar-refractivity contribution < 1.29 is 19.8 Å². The highest BCUT2D eigenvalue weighted by Crippen LogP contribution is 2.27. The lowest BCUT2D eigenvalue weighted by Gasteiger charge is -2.08. The van der Waals surface area contributed by atoms with Crippen LogP contribution >= 0.6 is 0 Å². The first kappa shape index (κ1) is 13.0. The minimum Gasteiger partial charge on any atom is -0.505 e. The topological polar surface area (TPSA) is 101 Å². The fourth-order valence-corrected chi connectivity index (χ4v) is 1.47. The second-order valence-corrected chi connectivity index (χ2v) is 4.29. The van der Waals surface area contributed by atoms with Gasteiger partial charge in [0, 0.05) is 12.0 Å². The minimum absolute atomic E-state index is 0.1000. The van der Waals surface area contributed by atoms with Crippen molar-refractivity contribution in [3.8, 4) is 5.75 Å². The van der Waals surface area contributed by atoms with Crippen LogP contribution in [0.4, 0.5) is 5.69 Å². The average Bonchev–Trinajstić information content (AvgIpc) is 2.20. The maximum Gasteiger partial charge on any atom is 0.339 e. The first-order valence-corrected chi connectivity index (χ1v) is 5.22. The van der Waals surface area contributed by atoms with Gasteiger partial charge in [0.2, 0.25) is 0 Å². The highest BCUT2D eigenvalue weighted by atomic mass is 16.4. The maximum absolute atomic E-state index is 11.8. The summed E-state index contributed by atoms with van der Waals surface area (Å²) in [6.45, 7) is 3.78. The van der Waals surface area contributed by atoms with Crippen molar-refractivity contribution >= 4 is 17.4 Å². The van der Waals surface area contributed by atoms with Crippen molar-refractivity contribution in [2.45, 2.75) is 20.3 Å². The number of aromatic carboxylic acids is 1. The number of benzene rings is 1. The van der Waals surface area contributed by atoms with Crippen LogP contribution in [0, 0.1) is 5.92 Å². The average molecular weight is 237 g/mol. The number of carboxylic acid groups (broad SMARTS) is 1. The van der Waals surface area contributed by atoms with E-state index in [1.165, 1.54) is 6.07 Å². The van der Waals surface area contributed by atoms with Gasteiger partial charge in [0.05, 0.1) is 5.69 Å². The molecule has 0 heterocycles. The molecular weight excluding hydrogens is 222 g/mol. The molecule has 1 rings (SSSR count). The summed E-state index contributed by atoms with van der Waals surface area (Å²) in [5, 5.41) is 18.3. The Morgan fingerprint density at radius 1 is 1.35 bits per heavy atom. The van der Waals surface area contributed by atoms with Crippen LogP contribution in [-0.2, 0) is 0 Å². The van der Waals surface area contributed by atoms with E-state index in [1.54, 1.807) is 0 Å². The first-order chi connectivity index (χ1) is 7.82. The Hall–Kier alpha value is -2.04. The molecule has 1 aromatic rings. The lowest BCUT2D eigenvalue weighted by molar-refractivity contribution is 0.0694. The standard InChI is InChI=1S/C12H15NO4/c1-6(2)3-10(14)7-4-8(12(16)17)11(15)9(13)5-7/h4-6,15H,3,13H2,1-2H3,(H,16,17). The quantitative estimate of drug-likeness (QED) is 0.422. The summed E-state index contributed by atoms with van der Waals surface area (Å²) < 4.78 is 0. The number of nitrogen functional groups attached to an aromatic ring is 1. The first-order valence-electron chi connectivity index (χ1n) is 5.22. The van der Waals surface area contributed by atoms with Gasteiger partial charge in [-0.25, -0.2) is 4.79 Å². The van der Waals surface area contributed by atoms with E-state index in [2.05, 4.69) is 0 Å². The molecule has 1 aromatic carbocycles. The molecule has 0 unspecified atom stereocenters. The van der Waals surface area contributed by atoms with Crippen LogP contribution < -0.4 is 5.73 Å². The summed E-state index contributed by atoms with van der Waals surface area (Å²) in [5.74, 6) is -1.83. The third-order valence-corrected chi connectivity index (χ3v) is 2.29. The minimum atomic E-state index is -1.31. The lowest BCUT2D eigenvalue weighted by Crippen LogP contribution is -2.07. The van der Waals surface area contributed by atoms with Gasteiger partial charge in [-0.2, -0.15) is 0 Å². The van der Waals surface area contributed by atoms with Crippen molar-refractivity contribution in [1.82, 2.24) is 0 Å². The Morgan fingerprint density at radius 2 is 1.94 bits per heavy atom. The number of phenols is 1. The van der Waals surface area contributed by atoms with Gasteiger partial charge in [-0.05, 0) is 18.1 Å². The van der Waals surface area contributed by atoms with Gasteiger partial charge in [0.15, 0.2) is 11.5 Å². The van der Waals surface area contributed by atoms with Crippen LogP contribution in [0.25, 0.3) is 0 Å². The van der Waals surface area contributed by atoms with E-state index < -0.39 is 11.7 Å². The van der Waals surface area contributed by atoms with Gasteiger partial charge < -0.3 is 15.9 Å². The zero-order valence-electron chi connectivity index (χ0n) is 9.73.